The Morgan fingerprint density at radius 3 is 2.59 bits per heavy atom. The Hall–Kier alpha value is -2.04. The molecule has 120 valence electrons. The van der Waals surface area contributed by atoms with Gasteiger partial charge >= 0.3 is 6.09 Å². The van der Waals surface area contributed by atoms with Gasteiger partial charge in [0.25, 0.3) is 0 Å². The topological polar surface area (TPSA) is 49.9 Å². The number of hydrogen-bond donors (Lipinski definition) is 0. The summed E-state index contributed by atoms with van der Waals surface area (Å²) in [5.41, 5.74) is 0.349. The predicted octanol–water partition coefficient (Wildman–Crippen LogP) is 3.05. The fourth-order valence-corrected chi connectivity index (χ4v) is 2.63. The predicted molar refractivity (Wildman–Crippen MR) is 85.8 cm³/mol. The van der Waals surface area contributed by atoms with Crippen molar-refractivity contribution in [3.63, 3.8) is 0 Å². The van der Waals surface area contributed by atoms with E-state index in [2.05, 4.69) is 0 Å². The minimum atomic E-state index is -0.506. The van der Waals surface area contributed by atoms with Crippen LogP contribution < -0.4 is 4.90 Å². The number of para-hydroxylation sites is 1. The van der Waals surface area contributed by atoms with Crippen molar-refractivity contribution in [2.45, 2.75) is 45.3 Å². The van der Waals surface area contributed by atoms with Crippen molar-refractivity contribution in [2.75, 3.05) is 18.0 Å². The van der Waals surface area contributed by atoms with Gasteiger partial charge in [-0.05, 0) is 45.7 Å². The first-order chi connectivity index (χ1) is 10.4. The largest absolute Gasteiger partial charge is 0.444 e. The van der Waals surface area contributed by atoms with E-state index in [0.717, 1.165) is 24.9 Å². The van der Waals surface area contributed by atoms with Crippen LogP contribution in [-0.4, -0.2) is 42.1 Å². The number of anilines is 1. The van der Waals surface area contributed by atoms with Crippen molar-refractivity contribution in [1.82, 2.24) is 4.90 Å². The molecule has 0 bridgehead atoms. The van der Waals surface area contributed by atoms with Crippen LogP contribution in [0.4, 0.5) is 10.5 Å². The molecule has 1 aromatic carbocycles. The molecule has 1 saturated heterocycles. The zero-order valence-corrected chi connectivity index (χ0v) is 13.5. The minimum absolute atomic E-state index is 0.0128. The summed E-state index contributed by atoms with van der Waals surface area (Å²) in [5, 5.41) is 0. The molecule has 1 fully saturated rings. The summed E-state index contributed by atoms with van der Waals surface area (Å²) in [6.07, 6.45) is 2.28. The average Bonchev–Trinajstić information content (AvgIpc) is 2.48. The van der Waals surface area contributed by atoms with Crippen molar-refractivity contribution in [1.29, 1.82) is 0 Å². The van der Waals surface area contributed by atoms with Gasteiger partial charge in [-0.15, -0.1) is 0 Å². The highest BCUT2D eigenvalue weighted by Gasteiger charge is 2.30. The Morgan fingerprint density at radius 2 is 2.00 bits per heavy atom. The standard InChI is InChI=1S/C17H24N2O3/c1-17(2,3)22-16(21)18-11-7-10-15(12-18)19(13-20)14-8-5-4-6-9-14/h4-6,8-9,13,15H,7,10-12H2,1-3H3. The summed E-state index contributed by atoms with van der Waals surface area (Å²) in [6.45, 7) is 6.74. The lowest BCUT2D eigenvalue weighted by molar-refractivity contribution is -0.108. The van der Waals surface area contributed by atoms with Crippen LogP contribution in [0.3, 0.4) is 0 Å². The number of piperidine rings is 1. The Balaban J connectivity index is 2.06. The molecular formula is C17H24N2O3. The fourth-order valence-electron chi connectivity index (χ4n) is 2.63. The quantitative estimate of drug-likeness (QED) is 0.806. The van der Waals surface area contributed by atoms with Gasteiger partial charge in [0.1, 0.15) is 5.60 Å². The van der Waals surface area contributed by atoms with Crippen LogP contribution >= 0.6 is 0 Å². The molecule has 2 amide bonds. The molecule has 0 aromatic heterocycles. The second-order valence-electron chi connectivity index (χ2n) is 6.57. The van der Waals surface area contributed by atoms with Crippen molar-refractivity contribution in [2.24, 2.45) is 0 Å². The maximum Gasteiger partial charge on any atom is 0.410 e. The molecule has 0 spiro atoms. The summed E-state index contributed by atoms with van der Waals surface area (Å²) in [7, 11) is 0. The van der Waals surface area contributed by atoms with Gasteiger partial charge in [-0.3, -0.25) is 4.79 Å². The molecule has 0 N–H and O–H groups in total. The van der Waals surface area contributed by atoms with Gasteiger partial charge in [-0.2, -0.15) is 0 Å². The third-order valence-corrected chi connectivity index (χ3v) is 3.61. The second-order valence-corrected chi connectivity index (χ2v) is 6.57. The van der Waals surface area contributed by atoms with E-state index in [1.54, 1.807) is 9.80 Å². The summed E-state index contributed by atoms with van der Waals surface area (Å²) in [5.74, 6) is 0. The summed E-state index contributed by atoms with van der Waals surface area (Å²) < 4.78 is 5.42. The van der Waals surface area contributed by atoms with Crippen molar-refractivity contribution < 1.29 is 14.3 Å². The number of amides is 2. The number of ether oxygens (including phenoxy) is 1. The number of likely N-dealkylation sites (tertiary alicyclic amines) is 1. The van der Waals surface area contributed by atoms with Crippen molar-refractivity contribution >= 4 is 18.2 Å². The Kier molecular flexibility index (Phi) is 5.06. The average molecular weight is 304 g/mol. The maximum absolute atomic E-state index is 12.2. The molecule has 0 saturated carbocycles. The number of carbonyl (C=O) groups excluding carboxylic acids is 2. The van der Waals surface area contributed by atoms with E-state index in [0.29, 0.717) is 13.1 Å². The van der Waals surface area contributed by atoms with Gasteiger partial charge < -0.3 is 14.5 Å². The molecule has 1 atom stereocenters. The number of carbonyl (C=O) groups is 2. The first kappa shape index (κ1) is 16.3. The number of hydrogen-bond acceptors (Lipinski definition) is 3. The second kappa shape index (κ2) is 6.81. The molecule has 2 rings (SSSR count). The van der Waals surface area contributed by atoms with E-state index in [4.69, 9.17) is 4.74 Å². The first-order valence-electron chi connectivity index (χ1n) is 7.67. The molecule has 1 aromatic rings. The van der Waals surface area contributed by atoms with Crippen LogP contribution in [0.1, 0.15) is 33.6 Å². The lowest BCUT2D eigenvalue weighted by atomic mass is 10.0. The molecule has 1 aliphatic heterocycles. The van der Waals surface area contributed by atoms with Gasteiger partial charge in [0.2, 0.25) is 6.41 Å². The molecule has 5 heteroatoms. The normalized spacial score (nSPS) is 18.7. The summed E-state index contributed by atoms with van der Waals surface area (Å²) in [4.78, 5) is 27.1. The van der Waals surface area contributed by atoms with Crippen LogP contribution in [0.15, 0.2) is 30.3 Å². The van der Waals surface area contributed by atoms with Gasteiger partial charge in [0.05, 0.1) is 6.04 Å². The molecule has 1 unspecified atom stereocenters. The van der Waals surface area contributed by atoms with Crippen LogP contribution in [0.25, 0.3) is 0 Å². The highest BCUT2D eigenvalue weighted by Crippen LogP contribution is 2.22. The van der Waals surface area contributed by atoms with Crippen LogP contribution in [-0.2, 0) is 9.53 Å². The summed E-state index contributed by atoms with van der Waals surface area (Å²) in [6, 6.07) is 9.52. The number of nitrogens with zero attached hydrogens (tertiary/aromatic N) is 2. The monoisotopic (exact) mass is 304 g/mol. The fraction of sp³-hybridized carbons (Fsp3) is 0.529. The molecule has 22 heavy (non-hydrogen) atoms. The minimum Gasteiger partial charge on any atom is -0.444 e. The van der Waals surface area contributed by atoms with Gasteiger partial charge in [-0.25, -0.2) is 4.79 Å². The highest BCUT2D eigenvalue weighted by atomic mass is 16.6. The Morgan fingerprint density at radius 1 is 1.32 bits per heavy atom. The van der Waals surface area contributed by atoms with Crippen molar-refractivity contribution in [3.05, 3.63) is 30.3 Å². The number of rotatable bonds is 3. The molecule has 0 radical (unpaired) electrons. The molecule has 5 nitrogen and oxygen atoms in total. The summed E-state index contributed by atoms with van der Waals surface area (Å²) >= 11 is 0. The van der Waals surface area contributed by atoms with E-state index in [1.165, 1.54) is 0 Å². The van der Waals surface area contributed by atoms with E-state index in [1.807, 2.05) is 51.1 Å². The maximum atomic E-state index is 12.2. The zero-order valence-electron chi connectivity index (χ0n) is 13.5. The highest BCUT2D eigenvalue weighted by molar-refractivity contribution is 5.76. The van der Waals surface area contributed by atoms with Gasteiger partial charge in [0.15, 0.2) is 0 Å². The zero-order chi connectivity index (χ0) is 16.2. The van der Waals surface area contributed by atoms with Gasteiger partial charge in [-0.1, -0.05) is 18.2 Å². The van der Waals surface area contributed by atoms with E-state index >= 15 is 0 Å². The Bertz CT molecular complexity index is 510. The third kappa shape index (κ3) is 4.23. The number of benzene rings is 1. The molecule has 1 aliphatic rings. The first-order valence-corrected chi connectivity index (χ1v) is 7.67. The van der Waals surface area contributed by atoms with Crippen LogP contribution in [0.2, 0.25) is 0 Å². The van der Waals surface area contributed by atoms with Gasteiger partial charge in [0, 0.05) is 18.8 Å². The van der Waals surface area contributed by atoms with Crippen LogP contribution in [0.5, 0.6) is 0 Å². The lowest BCUT2D eigenvalue weighted by Gasteiger charge is -2.38. The SMILES string of the molecule is CC(C)(C)OC(=O)N1CCCC(N(C=O)c2ccccc2)C1. The molecule has 0 aliphatic carbocycles. The van der Waals surface area contributed by atoms with Crippen LogP contribution in [0, 0.1) is 0 Å². The molecular weight excluding hydrogens is 280 g/mol. The Labute approximate surface area is 131 Å². The van der Waals surface area contributed by atoms with Crippen molar-refractivity contribution in [3.8, 4) is 0 Å². The molecule has 1 heterocycles. The van der Waals surface area contributed by atoms with E-state index < -0.39 is 5.60 Å². The van der Waals surface area contributed by atoms with E-state index in [-0.39, 0.29) is 12.1 Å². The lowest BCUT2D eigenvalue weighted by Crippen LogP contribution is -2.50. The third-order valence-electron chi connectivity index (χ3n) is 3.61. The van der Waals surface area contributed by atoms with E-state index in [9.17, 15) is 9.59 Å². The smallest absolute Gasteiger partial charge is 0.410 e.